The molecule has 0 bridgehead atoms. The molecular formula is C14H23BrIN3O. The summed E-state index contributed by atoms with van der Waals surface area (Å²) in [5, 5.41) is 3.08. The van der Waals surface area contributed by atoms with Crippen molar-refractivity contribution in [3.05, 3.63) is 28.7 Å². The molecule has 0 amide bonds. The molecule has 114 valence electrons. The molecule has 0 aliphatic heterocycles. The lowest BCUT2D eigenvalue weighted by Crippen LogP contribution is -2.33. The number of nitrogens with zero attached hydrogens (tertiary/aromatic N) is 1. The number of rotatable bonds is 7. The van der Waals surface area contributed by atoms with Crippen LogP contribution in [0.1, 0.15) is 26.7 Å². The van der Waals surface area contributed by atoms with Crippen molar-refractivity contribution in [2.75, 3.05) is 13.1 Å². The molecule has 0 aliphatic carbocycles. The van der Waals surface area contributed by atoms with Crippen molar-refractivity contribution in [2.45, 2.75) is 32.8 Å². The van der Waals surface area contributed by atoms with Crippen LogP contribution in [0.15, 0.2) is 33.7 Å². The lowest BCUT2D eigenvalue weighted by Gasteiger charge is -2.14. The van der Waals surface area contributed by atoms with Gasteiger partial charge in [-0.15, -0.1) is 24.0 Å². The monoisotopic (exact) mass is 455 g/mol. The average Bonchev–Trinajstić information content (AvgIpc) is 2.39. The number of hydrogen-bond donors (Lipinski definition) is 2. The number of nitrogens with one attached hydrogen (secondary N) is 1. The van der Waals surface area contributed by atoms with E-state index in [1.54, 1.807) is 0 Å². The van der Waals surface area contributed by atoms with Crippen LogP contribution >= 0.6 is 39.9 Å². The van der Waals surface area contributed by atoms with Gasteiger partial charge in [0, 0.05) is 6.54 Å². The van der Waals surface area contributed by atoms with E-state index in [1.165, 1.54) is 0 Å². The third-order valence-electron chi connectivity index (χ3n) is 2.52. The number of unbranched alkanes of at least 4 members (excludes halogenated alkanes) is 1. The molecule has 0 heterocycles. The van der Waals surface area contributed by atoms with Gasteiger partial charge in [0.2, 0.25) is 0 Å². The second-order valence-corrected chi connectivity index (χ2v) is 5.22. The Kier molecular flexibility index (Phi) is 10.9. The van der Waals surface area contributed by atoms with Gasteiger partial charge in [0.15, 0.2) is 5.96 Å². The first kappa shape index (κ1) is 19.5. The Bertz CT molecular complexity index is 415. The van der Waals surface area contributed by atoms with Crippen LogP contribution in [0.4, 0.5) is 0 Å². The molecule has 1 rings (SSSR count). The van der Waals surface area contributed by atoms with Gasteiger partial charge in [-0.05, 0) is 41.4 Å². The molecule has 1 aromatic rings. The quantitative estimate of drug-likeness (QED) is 0.286. The van der Waals surface area contributed by atoms with E-state index in [0.717, 1.165) is 29.6 Å². The number of benzene rings is 1. The SMILES string of the molecule is CCCCNC(N)=NCC(C)Oc1ccccc1Br.I. The maximum atomic E-state index is 5.78. The summed E-state index contributed by atoms with van der Waals surface area (Å²) in [7, 11) is 0. The Balaban J connectivity index is 0.00000361. The lowest BCUT2D eigenvalue weighted by molar-refractivity contribution is 0.229. The molecule has 1 atom stereocenters. The minimum atomic E-state index is -0.0229. The molecular weight excluding hydrogens is 433 g/mol. The highest BCUT2D eigenvalue weighted by Gasteiger charge is 2.06. The Morgan fingerprint density at radius 3 is 2.80 bits per heavy atom. The number of nitrogens with two attached hydrogens (primary N) is 1. The summed E-state index contributed by atoms with van der Waals surface area (Å²) in [6.07, 6.45) is 2.21. The van der Waals surface area contributed by atoms with Crippen molar-refractivity contribution in [3.8, 4) is 5.75 Å². The maximum absolute atomic E-state index is 5.78. The second kappa shape index (κ2) is 11.2. The summed E-state index contributed by atoms with van der Waals surface area (Å²) >= 11 is 3.45. The molecule has 6 heteroatoms. The van der Waals surface area contributed by atoms with E-state index in [4.69, 9.17) is 10.5 Å². The standard InChI is InChI=1S/C14H22BrN3O.HI/c1-3-4-9-17-14(16)18-10-11(2)19-13-8-6-5-7-12(13)15;/h5-8,11H,3-4,9-10H2,1-2H3,(H3,16,17,18);1H. The number of hydrogen-bond acceptors (Lipinski definition) is 2. The van der Waals surface area contributed by atoms with Crippen LogP contribution in [0.5, 0.6) is 5.75 Å². The van der Waals surface area contributed by atoms with E-state index in [2.05, 4.69) is 33.2 Å². The number of halogens is 2. The van der Waals surface area contributed by atoms with Crippen LogP contribution in [0, 0.1) is 0 Å². The number of aliphatic imine (C=N–C) groups is 1. The first-order valence-electron chi connectivity index (χ1n) is 6.58. The first-order valence-corrected chi connectivity index (χ1v) is 7.37. The minimum Gasteiger partial charge on any atom is -0.488 e. The van der Waals surface area contributed by atoms with E-state index in [1.807, 2.05) is 31.2 Å². The smallest absolute Gasteiger partial charge is 0.188 e. The van der Waals surface area contributed by atoms with Gasteiger partial charge in [0.1, 0.15) is 11.9 Å². The fraction of sp³-hybridized carbons (Fsp3) is 0.500. The molecule has 1 aromatic carbocycles. The largest absolute Gasteiger partial charge is 0.488 e. The Labute approximate surface area is 146 Å². The van der Waals surface area contributed by atoms with E-state index in [0.29, 0.717) is 12.5 Å². The number of ether oxygens (including phenoxy) is 1. The van der Waals surface area contributed by atoms with Crippen molar-refractivity contribution < 1.29 is 4.74 Å². The second-order valence-electron chi connectivity index (χ2n) is 4.37. The van der Waals surface area contributed by atoms with Crippen molar-refractivity contribution in [1.82, 2.24) is 5.32 Å². The maximum Gasteiger partial charge on any atom is 0.188 e. The highest BCUT2D eigenvalue weighted by atomic mass is 127. The normalized spacial score (nSPS) is 12.4. The van der Waals surface area contributed by atoms with E-state index in [9.17, 15) is 0 Å². The van der Waals surface area contributed by atoms with Crippen LogP contribution in [-0.2, 0) is 0 Å². The molecule has 0 fully saturated rings. The van der Waals surface area contributed by atoms with Crippen molar-refractivity contribution in [1.29, 1.82) is 0 Å². The summed E-state index contributed by atoms with van der Waals surface area (Å²) in [6.45, 7) is 5.52. The van der Waals surface area contributed by atoms with Crippen LogP contribution in [-0.4, -0.2) is 25.2 Å². The van der Waals surface area contributed by atoms with Gasteiger partial charge < -0.3 is 15.8 Å². The molecule has 3 N–H and O–H groups in total. The van der Waals surface area contributed by atoms with Gasteiger partial charge in [-0.25, -0.2) is 4.99 Å². The predicted octanol–water partition coefficient (Wildman–Crippen LogP) is 3.54. The van der Waals surface area contributed by atoms with Crippen LogP contribution in [0.25, 0.3) is 0 Å². The summed E-state index contributed by atoms with van der Waals surface area (Å²) < 4.78 is 6.73. The number of guanidine groups is 1. The molecule has 0 spiro atoms. The Morgan fingerprint density at radius 2 is 2.15 bits per heavy atom. The molecule has 4 nitrogen and oxygen atoms in total. The van der Waals surface area contributed by atoms with Gasteiger partial charge >= 0.3 is 0 Å². The highest BCUT2D eigenvalue weighted by molar-refractivity contribution is 14.0. The molecule has 0 saturated heterocycles. The van der Waals surface area contributed by atoms with Crippen molar-refractivity contribution in [3.63, 3.8) is 0 Å². The summed E-state index contributed by atoms with van der Waals surface area (Å²) in [5.41, 5.74) is 5.76. The predicted molar refractivity (Wildman–Crippen MR) is 99.0 cm³/mol. The zero-order valence-electron chi connectivity index (χ0n) is 11.9. The fourth-order valence-electron chi connectivity index (χ4n) is 1.47. The molecule has 0 radical (unpaired) electrons. The third kappa shape index (κ3) is 7.94. The summed E-state index contributed by atoms with van der Waals surface area (Å²) in [4.78, 5) is 4.26. The Morgan fingerprint density at radius 1 is 1.45 bits per heavy atom. The molecule has 20 heavy (non-hydrogen) atoms. The zero-order valence-corrected chi connectivity index (χ0v) is 15.9. The van der Waals surface area contributed by atoms with Crippen LogP contribution < -0.4 is 15.8 Å². The molecule has 0 aromatic heterocycles. The van der Waals surface area contributed by atoms with E-state index < -0.39 is 0 Å². The van der Waals surface area contributed by atoms with Crippen molar-refractivity contribution >= 4 is 45.9 Å². The first-order chi connectivity index (χ1) is 9.13. The summed E-state index contributed by atoms with van der Waals surface area (Å²) in [5.74, 6) is 1.30. The van der Waals surface area contributed by atoms with Crippen LogP contribution in [0.3, 0.4) is 0 Å². The van der Waals surface area contributed by atoms with E-state index in [-0.39, 0.29) is 30.1 Å². The minimum absolute atomic E-state index is 0. The Hall–Kier alpha value is -0.500. The molecule has 0 saturated carbocycles. The topological polar surface area (TPSA) is 59.6 Å². The lowest BCUT2D eigenvalue weighted by atomic mass is 10.3. The van der Waals surface area contributed by atoms with Gasteiger partial charge in [-0.3, -0.25) is 0 Å². The summed E-state index contributed by atoms with van der Waals surface area (Å²) in [6, 6.07) is 7.77. The van der Waals surface area contributed by atoms with E-state index >= 15 is 0 Å². The molecule has 0 aliphatic rings. The molecule has 1 unspecified atom stereocenters. The third-order valence-corrected chi connectivity index (χ3v) is 3.18. The average molecular weight is 456 g/mol. The van der Waals surface area contributed by atoms with Gasteiger partial charge in [0.05, 0.1) is 11.0 Å². The number of para-hydroxylation sites is 1. The van der Waals surface area contributed by atoms with Gasteiger partial charge in [-0.1, -0.05) is 25.5 Å². The van der Waals surface area contributed by atoms with Crippen LogP contribution in [0.2, 0.25) is 0 Å². The van der Waals surface area contributed by atoms with Gasteiger partial charge in [0.25, 0.3) is 0 Å². The zero-order chi connectivity index (χ0) is 14.1. The fourth-order valence-corrected chi connectivity index (χ4v) is 1.85. The highest BCUT2D eigenvalue weighted by Crippen LogP contribution is 2.24. The van der Waals surface area contributed by atoms with Gasteiger partial charge in [-0.2, -0.15) is 0 Å². The van der Waals surface area contributed by atoms with Crippen molar-refractivity contribution in [2.24, 2.45) is 10.7 Å².